The zero-order valence-electron chi connectivity index (χ0n) is 24.3. The third-order valence-electron chi connectivity index (χ3n) is 10.2. The molecule has 6 saturated heterocycles. The van der Waals surface area contributed by atoms with Crippen molar-refractivity contribution in [2.45, 2.75) is 37.5 Å². The summed E-state index contributed by atoms with van der Waals surface area (Å²) in [5.41, 5.74) is 5.06. The summed E-state index contributed by atoms with van der Waals surface area (Å²) in [7, 11) is 5.04. The van der Waals surface area contributed by atoms with Gasteiger partial charge in [0, 0.05) is 64.7 Å². The topological polar surface area (TPSA) is 65.8 Å². The molecule has 218 valence electrons. The number of H-pyrrole nitrogens is 2. The molecular formula is C33H41ClN4O3. The van der Waals surface area contributed by atoms with E-state index < -0.39 is 0 Å². The van der Waals surface area contributed by atoms with Crippen molar-refractivity contribution < 1.29 is 14.2 Å². The van der Waals surface area contributed by atoms with Crippen LogP contribution in [0.5, 0.6) is 17.2 Å². The zero-order valence-corrected chi connectivity index (χ0v) is 25.1. The summed E-state index contributed by atoms with van der Waals surface area (Å²) in [6, 6.07) is 10.4. The summed E-state index contributed by atoms with van der Waals surface area (Å²) in [5.74, 6) is 5.32. The maximum absolute atomic E-state index is 6.21. The van der Waals surface area contributed by atoms with Crippen LogP contribution < -0.4 is 14.2 Å². The van der Waals surface area contributed by atoms with Gasteiger partial charge in [-0.25, -0.2) is 0 Å². The number of fused-ring (bicyclic) bond motifs is 8. The largest absolute Gasteiger partial charge is 0.495 e. The fraction of sp³-hybridized carbons (Fsp3) is 0.515. The molecule has 6 aliphatic heterocycles. The van der Waals surface area contributed by atoms with Gasteiger partial charge in [0.05, 0.1) is 26.4 Å². The molecule has 10 rings (SSSR count). The number of nitrogens with one attached hydrogen (secondary N) is 2. The molecule has 2 atom stereocenters. The van der Waals surface area contributed by atoms with E-state index in [9.17, 15) is 0 Å². The molecule has 0 radical (unpaired) electrons. The van der Waals surface area contributed by atoms with Gasteiger partial charge in [0.25, 0.3) is 0 Å². The van der Waals surface area contributed by atoms with Crippen molar-refractivity contribution in [3.05, 3.63) is 52.8 Å². The Morgan fingerprint density at radius 3 is 1.90 bits per heavy atom. The Morgan fingerprint density at radius 1 is 0.707 bits per heavy atom. The van der Waals surface area contributed by atoms with Crippen LogP contribution in [0.3, 0.4) is 0 Å². The third-order valence-corrected chi connectivity index (χ3v) is 10.5. The first-order valence-electron chi connectivity index (χ1n) is 15.1. The lowest BCUT2D eigenvalue weighted by molar-refractivity contribution is 0.0857. The highest BCUT2D eigenvalue weighted by Crippen LogP contribution is 2.44. The van der Waals surface area contributed by atoms with Gasteiger partial charge in [-0.1, -0.05) is 11.6 Å². The summed E-state index contributed by atoms with van der Waals surface area (Å²) >= 11 is 6.21. The highest BCUT2D eigenvalue weighted by atomic mass is 35.5. The van der Waals surface area contributed by atoms with Gasteiger partial charge < -0.3 is 34.0 Å². The number of piperidine rings is 6. The first-order valence-corrected chi connectivity index (χ1v) is 15.5. The van der Waals surface area contributed by atoms with Crippen LogP contribution in [0.2, 0.25) is 5.02 Å². The minimum atomic E-state index is 0.648. The molecule has 6 fully saturated rings. The second kappa shape index (κ2) is 11.1. The molecule has 2 aromatic carbocycles. The fourth-order valence-corrected chi connectivity index (χ4v) is 8.16. The maximum Gasteiger partial charge on any atom is 0.162 e. The number of halogens is 1. The number of methoxy groups -OCH3 is 3. The van der Waals surface area contributed by atoms with Gasteiger partial charge in [-0.3, -0.25) is 0 Å². The minimum Gasteiger partial charge on any atom is -0.495 e. The standard InChI is InChI=1S/C17H22N2O2.C16H19ClN2O/c1-20-16-7-12-13(9-18-15(12)8-17(16)21-2)14-10-19-5-3-11(14)4-6-19;1-20-16-7-11-6-15(18-14(11)8-13(16)17)12-9-19-4-2-10(12)3-5-19/h7-9,11,14,18H,3-6,10H2,1-2H3;6-8,10,12,18H,2-5,9H2,1H3. The Bertz CT molecular complexity index is 1530. The van der Waals surface area contributed by atoms with Gasteiger partial charge in [-0.15, -0.1) is 0 Å². The van der Waals surface area contributed by atoms with Crippen LogP contribution in [0, 0.1) is 11.8 Å². The predicted octanol–water partition coefficient (Wildman–Crippen LogP) is 6.63. The van der Waals surface area contributed by atoms with E-state index >= 15 is 0 Å². The zero-order chi connectivity index (χ0) is 28.1. The van der Waals surface area contributed by atoms with Gasteiger partial charge in [-0.05, 0) is 93.5 Å². The second-order valence-electron chi connectivity index (χ2n) is 12.3. The van der Waals surface area contributed by atoms with Crippen LogP contribution in [-0.4, -0.2) is 80.4 Å². The Morgan fingerprint density at radius 2 is 1.32 bits per heavy atom. The van der Waals surface area contributed by atoms with E-state index in [1.165, 1.54) is 87.0 Å². The van der Waals surface area contributed by atoms with Crippen molar-refractivity contribution in [1.29, 1.82) is 0 Å². The van der Waals surface area contributed by atoms with E-state index in [0.717, 1.165) is 40.1 Å². The molecule has 0 amide bonds. The normalized spacial score (nSPS) is 28.5. The summed E-state index contributed by atoms with van der Waals surface area (Å²) in [5, 5.41) is 3.14. The van der Waals surface area contributed by atoms with E-state index in [0.29, 0.717) is 16.9 Å². The van der Waals surface area contributed by atoms with E-state index in [-0.39, 0.29) is 0 Å². The Balaban J connectivity index is 0.000000135. The first-order chi connectivity index (χ1) is 20.0. The molecule has 41 heavy (non-hydrogen) atoms. The predicted molar refractivity (Wildman–Crippen MR) is 165 cm³/mol. The van der Waals surface area contributed by atoms with Gasteiger partial charge in [-0.2, -0.15) is 0 Å². The van der Waals surface area contributed by atoms with Gasteiger partial charge >= 0.3 is 0 Å². The number of nitrogens with zero attached hydrogens (tertiary/aromatic N) is 2. The van der Waals surface area contributed by atoms with E-state index in [4.69, 9.17) is 25.8 Å². The number of hydrogen-bond donors (Lipinski definition) is 2. The highest BCUT2D eigenvalue weighted by molar-refractivity contribution is 6.32. The number of benzene rings is 2. The molecule has 0 saturated carbocycles. The third kappa shape index (κ3) is 4.96. The van der Waals surface area contributed by atoms with Crippen LogP contribution >= 0.6 is 11.6 Å². The molecule has 4 aromatic rings. The number of aromatic amines is 2. The molecule has 6 aliphatic rings. The van der Waals surface area contributed by atoms with Crippen molar-refractivity contribution in [3.8, 4) is 17.2 Å². The van der Waals surface area contributed by atoms with Crippen LogP contribution in [0.4, 0.5) is 0 Å². The van der Waals surface area contributed by atoms with E-state index in [1.54, 1.807) is 21.3 Å². The summed E-state index contributed by atoms with van der Waals surface area (Å²) < 4.78 is 16.2. The number of hydrogen-bond acceptors (Lipinski definition) is 5. The second-order valence-corrected chi connectivity index (χ2v) is 12.7. The Labute approximate surface area is 247 Å². The van der Waals surface area contributed by atoms with Crippen LogP contribution in [-0.2, 0) is 0 Å². The number of rotatable bonds is 5. The maximum atomic E-state index is 6.21. The van der Waals surface area contributed by atoms with Crippen LogP contribution in [0.15, 0.2) is 36.5 Å². The lowest BCUT2D eigenvalue weighted by atomic mass is 9.75. The lowest BCUT2D eigenvalue weighted by Gasteiger charge is -2.44. The van der Waals surface area contributed by atoms with Crippen LogP contribution in [0.25, 0.3) is 21.8 Å². The number of ether oxygens (including phenoxy) is 3. The lowest BCUT2D eigenvalue weighted by Crippen LogP contribution is -2.46. The molecule has 0 spiro atoms. The number of aromatic nitrogens is 2. The molecule has 2 unspecified atom stereocenters. The molecule has 2 aromatic heterocycles. The van der Waals surface area contributed by atoms with Crippen molar-refractivity contribution in [3.63, 3.8) is 0 Å². The monoisotopic (exact) mass is 576 g/mol. The van der Waals surface area contributed by atoms with Gasteiger partial charge in [0.1, 0.15) is 5.75 Å². The molecule has 4 bridgehead atoms. The van der Waals surface area contributed by atoms with Gasteiger partial charge in [0.2, 0.25) is 0 Å². The van der Waals surface area contributed by atoms with Crippen LogP contribution in [0.1, 0.15) is 48.8 Å². The fourth-order valence-electron chi connectivity index (χ4n) is 7.92. The van der Waals surface area contributed by atoms with E-state index in [1.807, 2.05) is 18.2 Å². The first kappa shape index (κ1) is 27.0. The summed E-state index contributed by atoms with van der Waals surface area (Å²) in [6.07, 6.45) is 7.54. The molecule has 8 heteroatoms. The molecule has 2 N–H and O–H groups in total. The molecule has 0 aliphatic carbocycles. The summed E-state index contributed by atoms with van der Waals surface area (Å²) in [4.78, 5) is 12.2. The van der Waals surface area contributed by atoms with Crippen molar-refractivity contribution in [1.82, 2.24) is 19.8 Å². The Hall–Kier alpha value is -2.87. The smallest absolute Gasteiger partial charge is 0.162 e. The Kier molecular flexibility index (Phi) is 7.30. The van der Waals surface area contributed by atoms with Crippen molar-refractivity contribution in [2.24, 2.45) is 11.8 Å². The van der Waals surface area contributed by atoms with Gasteiger partial charge in [0.15, 0.2) is 11.5 Å². The molecule has 8 heterocycles. The minimum absolute atomic E-state index is 0.648. The summed E-state index contributed by atoms with van der Waals surface area (Å²) in [6.45, 7) is 7.51. The average molecular weight is 577 g/mol. The van der Waals surface area contributed by atoms with Crippen molar-refractivity contribution >= 4 is 33.4 Å². The SMILES string of the molecule is COc1cc2[nH]cc(C3CN4CCC3CC4)c2cc1OC.COc1cc2cc(C3CN4CCC3CC4)[nH]c2cc1Cl. The molecule has 7 nitrogen and oxygen atoms in total. The quantitative estimate of drug-likeness (QED) is 0.279. The average Bonchev–Trinajstić information content (AvgIpc) is 3.64. The highest BCUT2D eigenvalue weighted by Gasteiger charge is 2.37. The van der Waals surface area contributed by atoms with Crippen molar-refractivity contribution in [2.75, 3.05) is 60.6 Å². The van der Waals surface area contributed by atoms with E-state index in [2.05, 4.69) is 38.1 Å². The molecular weight excluding hydrogens is 536 g/mol.